The van der Waals surface area contributed by atoms with Crippen LogP contribution in [0.2, 0.25) is 0 Å². The van der Waals surface area contributed by atoms with E-state index in [4.69, 9.17) is 0 Å². The zero-order chi connectivity index (χ0) is 24.4. The number of aromatic nitrogens is 2. The number of hydrogen-bond acceptors (Lipinski definition) is 6. The highest BCUT2D eigenvalue weighted by molar-refractivity contribution is 6.10. The van der Waals surface area contributed by atoms with E-state index in [2.05, 4.69) is 71.6 Å². The SMILES string of the molecule is C=C/C(=N\N=C(/C)N1CCC(NC(C)(C)C)C1)c1ccc(-c2ncccn2)cc1O.CCC. The minimum absolute atomic E-state index is 0.0852. The molecule has 0 radical (unpaired) electrons. The number of likely N-dealkylation sites (tertiary alicyclic amines) is 1. The van der Waals surface area contributed by atoms with E-state index in [1.54, 1.807) is 36.7 Å². The van der Waals surface area contributed by atoms with Gasteiger partial charge in [-0.2, -0.15) is 0 Å². The van der Waals surface area contributed by atoms with Gasteiger partial charge in [0.2, 0.25) is 0 Å². The molecule has 0 amide bonds. The molecule has 3 rings (SSSR count). The van der Waals surface area contributed by atoms with Gasteiger partial charge in [0.1, 0.15) is 11.6 Å². The van der Waals surface area contributed by atoms with E-state index in [0.717, 1.165) is 30.9 Å². The average Bonchev–Trinajstić information content (AvgIpc) is 3.23. The zero-order valence-corrected chi connectivity index (χ0v) is 20.8. The Bertz CT molecular complexity index is 962. The standard InChI is InChI=1S/C23H30N6O.C3H8/c1-6-20(19-9-8-17(14-21(19)30)22-24-11-7-12-25-22)28-27-16(2)29-13-10-18(15-29)26-23(3,4)5;1-3-2/h6-9,11-12,14,18,26,30H,1,10,13,15H2,2-5H3;3H2,1-2H3/b27-16+,28-20+;. The Labute approximate surface area is 198 Å². The normalized spacial score (nSPS) is 16.9. The molecule has 0 bridgehead atoms. The summed E-state index contributed by atoms with van der Waals surface area (Å²) in [6.07, 6.45) is 7.26. The van der Waals surface area contributed by atoms with E-state index < -0.39 is 0 Å². The lowest BCUT2D eigenvalue weighted by Gasteiger charge is -2.26. The molecule has 178 valence electrons. The van der Waals surface area contributed by atoms with E-state index in [-0.39, 0.29) is 11.3 Å². The van der Waals surface area contributed by atoms with Crippen LogP contribution in [0.15, 0.2) is 59.5 Å². The fraction of sp³-hybridized carbons (Fsp3) is 0.462. The third-order valence-corrected chi connectivity index (χ3v) is 4.88. The first kappa shape index (κ1) is 26.2. The Morgan fingerprint density at radius 3 is 2.48 bits per heavy atom. The first-order chi connectivity index (χ1) is 15.7. The van der Waals surface area contributed by atoms with Crippen molar-refractivity contribution in [3.8, 4) is 17.1 Å². The second-order valence-corrected chi connectivity index (χ2v) is 9.17. The van der Waals surface area contributed by atoms with Crippen molar-refractivity contribution in [1.82, 2.24) is 20.2 Å². The molecule has 7 nitrogen and oxygen atoms in total. The lowest BCUT2D eigenvalue weighted by molar-refractivity contribution is 0.360. The van der Waals surface area contributed by atoms with Crippen LogP contribution in [-0.4, -0.2) is 56.2 Å². The lowest BCUT2D eigenvalue weighted by atomic mass is 10.1. The molecule has 1 saturated heterocycles. The van der Waals surface area contributed by atoms with Crippen LogP contribution < -0.4 is 5.32 Å². The summed E-state index contributed by atoms with van der Waals surface area (Å²) in [7, 11) is 0. The molecule has 1 atom stereocenters. The summed E-state index contributed by atoms with van der Waals surface area (Å²) >= 11 is 0. The van der Waals surface area contributed by atoms with Gasteiger partial charge in [-0.05, 0) is 58.4 Å². The van der Waals surface area contributed by atoms with Crippen LogP contribution in [0.5, 0.6) is 5.75 Å². The highest BCUT2D eigenvalue weighted by atomic mass is 16.3. The van der Waals surface area contributed by atoms with Crippen molar-refractivity contribution in [1.29, 1.82) is 0 Å². The van der Waals surface area contributed by atoms with Gasteiger partial charge in [0.25, 0.3) is 0 Å². The molecule has 2 N–H and O–H groups in total. The largest absolute Gasteiger partial charge is 0.507 e. The summed E-state index contributed by atoms with van der Waals surface area (Å²) < 4.78 is 0. The van der Waals surface area contributed by atoms with Crippen molar-refractivity contribution in [3.05, 3.63) is 54.9 Å². The minimum Gasteiger partial charge on any atom is -0.507 e. The molecule has 1 fully saturated rings. The van der Waals surface area contributed by atoms with Gasteiger partial charge < -0.3 is 15.3 Å². The molecule has 1 aromatic heterocycles. The topological polar surface area (TPSA) is 86.0 Å². The molecule has 0 spiro atoms. The molecule has 1 unspecified atom stereocenters. The Hall–Kier alpha value is -3.06. The predicted molar refractivity (Wildman–Crippen MR) is 138 cm³/mol. The monoisotopic (exact) mass is 450 g/mol. The van der Waals surface area contributed by atoms with Crippen LogP contribution in [0, 0.1) is 0 Å². The fourth-order valence-corrected chi connectivity index (χ4v) is 3.51. The summed E-state index contributed by atoms with van der Waals surface area (Å²) in [4.78, 5) is 10.6. The second-order valence-electron chi connectivity index (χ2n) is 9.17. The quantitative estimate of drug-likeness (QED) is 0.379. The van der Waals surface area contributed by atoms with Crippen LogP contribution in [0.3, 0.4) is 0 Å². The maximum atomic E-state index is 10.5. The van der Waals surface area contributed by atoms with Gasteiger partial charge >= 0.3 is 0 Å². The molecule has 1 aliphatic rings. The Balaban J connectivity index is 0.00000122. The lowest BCUT2D eigenvalue weighted by Crippen LogP contribution is -2.45. The van der Waals surface area contributed by atoms with Crippen LogP contribution >= 0.6 is 0 Å². The molecule has 0 saturated carbocycles. The third-order valence-electron chi connectivity index (χ3n) is 4.88. The van der Waals surface area contributed by atoms with Crippen molar-refractivity contribution in [2.45, 2.75) is 66.0 Å². The van der Waals surface area contributed by atoms with Gasteiger partial charge in [-0.15, -0.1) is 10.2 Å². The molecular weight excluding hydrogens is 412 g/mol. The molecule has 1 aliphatic heterocycles. The van der Waals surface area contributed by atoms with Crippen LogP contribution in [0.4, 0.5) is 0 Å². The van der Waals surface area contributed by atoms with Gasteiger partial charge in [-0.25, -0.2) is 9.97 Å². The number of amidine groups is 1. The van der Waals surface area contributed by atoms with Crippen LogP contribution in [-0.2, 0) is 0 Å². The Morgan fingerprint density at radius 1 is 1.24 bits per heavy atom. The average molecular weight is 451 g/mol. The van der Waals surface area contributed by atoms with Crippen molar-refractivity contribution >= 4 is 11.5 Å². The Kier molecular flexibility index (Phi) is 9.73. The Morgan fingerprint density at radius 2 is 1.91 bits per heavy atom. The van der Waals surface area contributed by atoms with Crippen molar-refractivity contribution in [3.63, 3.8) is 0 Å². The summed E-state index contributed by atoms with van der Waals surface area (Å²) in [5.41, 5.74) is 1.90. The molecule has 7 heteroatoms. The summed E-state index contributed by atoms with van der Waals surface area (Å²) in [6.45, 7) is 18.4. The number of nitrogens with zero attached hydrogens (tertiary/aromatic N) is 5. The van der Waals surface area contributed by atoms with Gasteiger partial charge in [0.05, 0.1) is 5.71 Å². The van der Waals surface area contributed by atoms with E-state index in [0.29, 0.717) is 23.1 Å². The van der Waals surface area contributed by atoms with Gasteiger partial charge in [-0.1, -0.05) is 32.9 Å². The molecule has 33 heavy (non-hydrogen) atoms. The number of phenols is 1. The molecule has 0 aliphatic carbocycles. The van der Waals surface area contributed by atoms with Crippen LogP contribution in [0.1, 0.15) is 59.9 Å². The number of rotatable bonds is 5. The van der Waals surface area contributed by atoms with E-state index in [9.17, 15) is 5.11 Å². The third kappa shape index (κ3) is 8.09. The fourth-order valence-electron chi connectivity index (χ4n) is 3.51. The van der Waals surface area contributed by atoms with E-state index >= 15 is 0 Å². The van der Waals surface area contributed by atoms with Crippen LogP contribution in [0.25, 0.3) is 11.4 Å². The van der Waals surface area contributed by atoms with Crippen molar-refractivity contribution < 1.29 is 5.11 Å². The molecule has 1 aromatic carbocycles. The number of nitrogens with one attached hydrogen (secondary N) is 1. The molecule has 2 heterocycles. The first-order valence-corrected chi connectivity index (χ1v) is 11.6. The smallest absolute Gasteiger partial charge is 0.159 e. The number of allylic oxidation sites excluding steroid dienone is 1. The highest BCUT2D eigenvalue weighted by Crippen LogP contribution is 2.25. The second kappa shape index (κ2) is 12.3. The van der Waals surface area contributed by atoms with Crippen molar-refractivity contribution in [2.75, 3.05) is 13.1 Å². The van der Waals surface area contributed by atoms with E-state index in [1.165, 1.54) is 6.42 Å². The summed E-state index contributed by atoms with van der Waals surface area (Å²) in [5.74, 6) is 1.49. The maximum absolute atomic E-state index is 10.5. The number of benzene rings is 1. The maximum Gasteiger partial charge on any atom is 0.159 e. The minimum atomic E-state index is 0.0852. The van der Waals surface area contributed by atoms with Gasteiger partial charge in [0.15, 0.2) is 5.82 Å². The predicted octanol–water partition coefficient (Wildman–Crippen LogP) is 5.04. The molecular formula is C26H38N6O. The zero-order valence-electron chi connectivity index (χ0n) is 20.8. The van der Waals surface area contributed by atoms with E-state index in [1.807, 2.05) is 13.0 Å². The highest BCUT2D eigenvalue weighted by Gasteiger charge is 2.26. The first-order valence-electron chi connectivity index (χ1n) is 11.6. The van der Waals surface area contributed by atoms with Gasteiger partial charge in [0, 0.05) is 48.2 Å². The number of aromatic hydroxyl groups is 1. The number of phenolic OH excluding ortho intramolecular Hbond substituents is 1. The summed E-state index contributed by atoms with van der Waals surface area (Å²) in [5, 5.41) is 22.9. The summed E-state index contributed by atoms with van der Waals surface area (Å²) in [6, 6.07) is 7.45. The van der Waals surface area contributed by atoms with Crippen molar-refractivity contribution in [2.24, 2.45) is 10.2 Å². The number of hydrogen-bond donors (Lipinski definition) is 2. The van der Waals surface area contributed by atoms with Gasteiger partial charge in [-0.3, -0.25) is 0 Å². The molecule has 2 aromatic rings.